The average molecular weight is 277 g/mol. The molecular weight excluding hydrogens is 260 g/mol. The number of pyridine rings is 1. The first-order valence-electron chi connectivity index (χ1n) is 6.03. The van der Waals surface area contributed by atoms with E-state index in [0.717, 1.165) is 17.5 Å². The highest BCUT2D eigenvalue weighted by atomic mass is 35.5. The van der Waals surface area contributed by atoms with Crippen molar-refractivity contribution in [3.63, 3.8) is 0 Å². The van der Waals surface area contributed by atoms with E-state index < -0.39 is 0 Å². The van der Waals surface area contributed by atoms with Crippen LogP contribution in [0.25, 0.3) is 0 Å². The molecule has 1 aromatic carbocycles. The van der Waals surface area contributed by atoms with Gasteiger partial charge in [-0.25, -0.2) is 0 Å². The molecule has 3 nitrogen and oxygen atoms in total. The Balaban J connectivity index is 0.000000200. The summed E-state index contributed by atoms with van der Waals surface area (Å²) in [6.45, 7) is 0.600. The maximum Gasteiger partial charge on any atom is 0.221 e. The first-order valence-corrected chi connectivity index (χ1v) is 6.41. The van der Waals surface area contributed by atoms with Gasteiger partial charge in [-0.05, 0) is 41.3 Å². The van der Waals surface area contributed by atoms with Gasteiger partial charge in [0.2, 0.25) is 5.24 Å². The number of nitrogens with zero attached hydrogens (tertiary/aromatic N) is 1. The monoisotopic (exact) mass is 276 g/mol. The third kappa shape index (κ3) is 7.34. The minimum Gasteiger partial charge on any atom is -0.326 e. The quantitative estimate of drug-likeness (QED) is 0.874. The van der Waals surface area contributed by atoms with Gasteiger partial charge in [-0.2, -0.15) is 0 Å². The number of hydrogen-bond donors (Lipinski definition) is 1. The first-order chi connectivity index (χ1) is 9.22. The van der Waals surface area contributed by atoms with E-state index in [1.54, 1.807) is 12.4 Å². The lowest BCUT2D eigenvalue weighted by atomic mass is 10.1. The van der Waals surface area contributed by atoms with Crippen molar-refractivity contribution >= 4 is 16.8 Å². The van der Waals surface area contributed by atoms with Gasteiger partial charge in [-0.15, -0.1) is 0 Å². The Morgan fingerprint density at radius 1 is 1.05 bits per heavy atom. The molecule has 2 rings (SSSR count). The van der Waals surface area contributed by atoms with Gasteiger partial charge in [0.25, 0.3) is 0 Å². The van der Waals surface area contributed by atoms with Crippen LogP contribution in [0.4, 0.5) is 0 Å². The minimum atomic E-state index is -0.270. The van der Waals surface area contributed by atoms with E-state index in [-0.39, 0.29) is 5.24 Å². The molecule has 0 bridgehead atoms. The van der Waals surface area contributed by atoms with Crippen molar-refractivity contribution in [2.45, 2.75) is 19.4 Å². The van der Waals surface area contributed by atoms with Crippen molar-refractivity contribution in [3.8, 4) is 0 Å². The molecule has 0 radical (unpaired) electrons. The van der Waals surface area contributed by atoms with Gasteiger partial charge in [0.1, 0.15) is 0 Å². The number of benzene rings is 1. The molecule has 4 heteroatoms. The summed E-state index contributed by atoms with van der Waals surface area (Å²) in [5, 5.41) is -0.270. The predicted octanol–water partition coefficient (Wildman–Crippen LogP) is 2.92. The van der Waals surface area contributed by atoms with Crippen LogP contribution in [0.3, 0.4) is 0 Å². The molecule has 1 aromatic heterocycles. The van der Waals surface area contributed by atoms with E-state index in [2.05, 4.69) is 4.98 Å². The molecule has 0 saturated carbocycles. The van der Waals surface area contributed by atoms with Crippen molar-refractivity contribution in [1.82, 2.24) is 4.98 Å². The van der Waals surface area contributed by atoms with Gasteiger partial charge in [0, 0.05) is 25.4 Å². The minimum absolute atomic E-state index is 0.270. The van der Waals surface area contributed by atoms with Gasteiger partial charge in [-0.3, -0.25) is 9.78 Å². The lowest BCUT2D eigenvalue weighted by Gasteiger charge is -1.95. The fourth-order valence-corrected chi connectivity index (χ4v) is 1.50. The molecular formula is C15H17ClN2O. The molecule has 0 atom stereocenters. The third-order valence-electron chi connectivity index (χ3n) is 2.44. The summed E-state index contributed by atoms with van der Waals surface area (Å²) in [5.41, 5.74) is 7.60. The van der Waals surface area contributed by atoms with Gasteiger partial charge in [0.15, 0.2) is 0 Å². The fourth-order valence-electron chi connectivity index (χ4n) is 1.41. The summed E-state index contributed by atoms with van der Waals surface area (Å²) in [6, 6.07) is 13.6. The Bertz CT molecular complexity index is 474. The molecule has 0 aliphatic rings. The van der Waals surface area contributed by atoms with Crippen molar-refractivity contribution in [2.24, 2.45) is 5.73 Å². The lowest BCUT2D eigenvalue weighted by molar-refractivity contribution is -0.111. The molecule has 0 unspecified atom stereocenters. The average Bonchev–Trinajstić information content (AvgIpc) is 2.48. The number of carbonyl (C=O) groups is 1. The van der Waals surface area contributed by atoms with Gasteiger partial charge in [-0.1, -0.05) is 30.3 Å². The number of halogens is 1. The Kier molecular flexibility index (Phi) is 7.47. The Morgan fingerprint density at radius 3 is 2.16 bits per heavy atom. The highest BCUT2D eigenvalue weighted by Crippen LogP contribution is 2.03. The fraction of sp³-hybridized carbons (Fsp3) is 0.200. The summed E-state index contributed by atoms with van der Waals surface area (Å²) in [7, 11) is 0. The number of nitrogens with two attached hydrogens (primary N) is 1. The Labute approximate surface area is 118 Å². The third-order valence-corrected chi connectivity index (χ3v) is 2.63. The van der Waals surface area contributed by atoms with Crippen LogP contribution in [0, 0.1) is 0 Å². The summed E-state index contributed by atoms with van der Waals surface area (Å²) < 4.78 is 0. The summed E-state index contributed by atoms with van der Waals surface area (Å²) in [5.74, 6) is 0. The van der Waals surface area contributed by atoms with Crippen LogP contribution < -0.4 is 5.73 Å². The van der Waals surface area contributed by atoms with Crippen LogP contribution >= 0.6 is 11.6 Å². The summed E-state index contributed by atoms with van der Waals surface area (Å²) in [6.07, 6.45) is 4.64. The van der Waals surface area contributed by atoms with Crippen LogP contribution in [-0.2, 0) is 17.8 Å². The van der Waals surface area contributed by atoms with Crippen molar-refractivity contribution < 1.29 is 4.79 Å². The predicted molar refractivity (Wildman–Crippen MR) is 77.8 cm³/mol. The van der Waals surface area contributed by atoms with Crippen LogP contribution in [0.2, 0.25) is 0 Å². The van der Waals surface area contributed by atoms with Crippen LogP contribution in [0.15, 0.2) is 54.9 Å². The highest BCUT2D eigenvalue weighted by molar-refractivity contribution is 6.63. The summed E-state index contributed by atoms with van der Waals surface area (Å²) >= 11 is 5.19. The second-order valence-electron chi connectivity index (χ2n) is 3.90. The smallest absolute Gasteiger partial charge is 0.221 e. The maximum absolute atomic E-state index is 10.4. The number of hydrogen-bond acceptors (Lipinski definition) is 3. The van der Waals surface area contributed by atoms with Crippen molar-refractivity contribution in [1.29, 1.82) is 0 Å². The Morgan fingerprint density at radius 2 is 1.68 bits per heavy atom. The molecule has 1 heterocycles. The topological polar surface area (TPSA) is 56.0 Å². The molecule has 0 spiro atoms. The van der Waals surface area contributed by atoms with E-state index >= 15 is 0 Å². The van der Waals surface area contributed by atoms with Gasteiger partial charge >= 0.3 is 0 Å². The number of aromatic nitrogens is 1. The molecule has 0 fully saturated rings. The van der Waals surface area contributed by atoms with E-state index in [1.165, 1.54) is 0 Å². The first kappa shape index (κ1) is 15.3. The molecule has 0 aliphatic carbocycles. The number of aryl methyl sites for hydroxylation is 1. The zero-order chi connectivity index (χ0) is 13.9. The molecule has 19 heavy (non-hydrogen) atoms. The maximum atomic E-state index is 10.4. The normalized spacial score (nSPS) is 9.37. The van der Waals surface area contributed by atoms with Crippen LogP contribution in [0.1, 0.15) is 17.5 Å². The Hall–Kier alpha value is -1.71. The molecule has 2 N–H and O–H groups in total. The molecule has 0 amide bonds. The SMILES string of the molecule is NCc1ccncc1.O=C(Cl)CCc1ccccc1. The highest BCUT2D eigenvalue weighted by Gasteiger charge is 1.96. The van der Waals surface area contributed by atoms with Crippen LogP contribution in [-0.4, -0.2) is 10.2 Å². The number of carbonyl (C=O) groups excluding carboxylic acids is 1. The van der Waals surface area contributed by atoms with E-state index in [1.807, 2.05) is 42.5 Å². The second-order valence-corrected chi connectivity index (χ2v) is 4.32. The molecule has 0 saturated heterocycles. The lowest BCUT2D eigenvalue weighted by Crippen LogP contribution is -1.94. The molecule has 100 valence electrons. The summed E-state index contributed by atoms with van der Waals surface area (Å²) in [4.78, 5) is 14.2. The zero-order valence-corrected chi connectivity index (χ0v) is 11.4. The van der Waals surface area contributed by atoms with Crippen molar-refractivity contribution in [2.75, 3.05) is 0 Å². The number of rotatable bonds is 4. The largest absolute Gasteiger partial charge is 0.326 e. The second kappa shape index (κ2) is 9.25. The van der Waals surface area contributed by atoms with E-state index in [4.69, 9.17) is 17.3 Å². The molecule has 0 aliphatic heterocycles. The van der Waals surface area contributed by atoms with Crippen molar-refractivity contribution in [3.05, 3.63) is 66.0 Å². The van der Waals surface area contributed by atoms with E-state index in [9.17, 15) is 4.79 Å². The van der Waals surface area contributed by atoms with Gasteiger partial charge < -0.3 is 5.73 Å². The van der Waals surface area contributed by atoms with Crippen LogP contribution in [0.5, 0.6) is 0 Å². The standard InChI is InChI=1S/C9H9ClO.C6H8N2/c10-9(11)7-6-8-4-2-1-3-5-8;7-5-6-1-3-8-4-2-6/h1-5H,6-7H2;1-4H,5,7H2. The van der Waals surface area contributed by atoms with Gasteiger partial charge in [0.05, 0.1) is 0 Å². The van der Waals surface area contributed by atoms with E-state index in [0.29, 0.717) is 13.0 Å². The molecule has 2 aromatic rings. The zero-order valence-electron chi connectivity index (χ0n) is 10.6.